The van der Waals surface area contributed by atoms with Gasteiger partial charge in [-0.2, -0.15) is 20.4 Å². The van der Waals surface area contributed by atoms with Crippen LogP contribution in [0.15, 0.2) is 68.9 Å². The Bertz CT molecular complexity index is 1000. The molecular weight excluding hydrogens is 607 g/mol. The maximum absolute atomic E-state index is 11.4. The largest absolute Gasteiger partial charge is 2.00 e. The van der Waals surface area contributed by atoms with Gasteiger partial charge in [0.25, 0.3) is 0 Å². The van der Waals surface area contributed by atoms with Crippen molar-refractivity contribution in [3.8, 4) is 0 Å². The minimum absolute atomic E-state index is 0. The van der Waals surface area contributed by atoms with E-state index in [2.05, 4.69) is 20.4 Å². The number of hydrogen-bond donors (Lipinski definition) is 0. The second kappa shape index (κ2) is 23.9. The molecule has 218 valence electrons. The van der Waals surface area contributed by atoms with Crippen molar-refractivity contribution >= 4 is 35.2 Å². The summed E-state index contributed by atoms with van der Waals surface area (Å²) in [4.78, 5) is 20.6. The zero-order chi connectivity index (χ0) is 24.3. The maximum atomic E-state index is 11.4. The first kappa shape index (κ1) is 47.7. The Kier molecular flexibility index (Phi) is 30.0. The molecule has 0 aliphatic heterocycles. The molecular formula is C22H32Cu2N4O10+4. The van der Waals surface area contributed by atoms with Gasteiger partial charge >= 0.3 is 34.1 Å². The third kappa shape index (κ3) is 17.9. The van der Waals surface area contributed by atoms with Crippen LogP contribution in [0.3, 0.4) is 0 Å². The minimum atomic E-state index is -1.44. The molecule has 0 aromatic heterocycles. The Labute approximate surface area is 239 Å². The van der Waals surface area contributed by atoms with E-state index in [0.29, 0.717) is 11.1 Å². The van der Waals surface area contributed by atoms with Crippen molar-refractivity contribution in [2.24, 2.45) is 20.4 Å². The van der Waals surface area contributed by atoms with Gasteiger partial charge in [0.2, 0.25) is 0 Å². The number of aliphatic carboxylic acids is 2. The third-order valence-electron chi connectivity index (χ3n) is 3.77. The molecule has 2 radical (unpaired) electrons. The fourth-order valence-corrected chi connectivity index (χ4v) is 1.83. The van der Waals surface area contributed by atoms with E-state index >= 15 is 0 Å². The third-order valence-corrected chi connectivity index (χ3v) is 3.77. The molecule has 0 spiro atoms. The zero-order valence-corrected chi connectivity index (χ0v) is 22.7. The average molecular weight is 640 g/mol. The summed E-state index contributed by atoms with van der Waals surface area (Å²) in [6, 6.07) is 13.5. The number of carboxylic acids is 2. The zero-order valence-electron chi connectivity index (χ0n) is 20.8. The van der Waals surface area contributed by atoms with E-state index in [1.807, 2.05) is 13.8 Å². The Morgan fingerprint density at radius 2 is 0.763 bits per heavy atom. The smallest absolute Gasteiger partial charge is 0.857 e. The quantitative estimate of drug-likeness (QED) is 0.0976. The predicted octanol–water partition coefficient (Wildman–Crippen LogP) is -5.24. The molecule has 12 N–H and O–H groups in total. The first-order valence-corrected chi connectivity index (χ1v) is 9.16. The Hall–Kier alpha value is -3.46. The van der Waals surface area contributed by atoms with Crippen molar-refractivity contribution in [2.75, 3.05) is 0 Å². The van der Waals surface area contributed by atoms with Gasteiger partial charge in [-0.05, 0) is 38.8 Å². The molecule has 2 rings (SSSR count). The van der Waals surface area contributed by atoms with E-state index in [4.69, 9.17) is 0 Å². The van der Waals surface area contributed by atoms with Crippen LogP contribution in [0, 0.1) is 13.8 Å². The fourth-order valence-electron chi connectivity index (χ4n) is 1.83. The second-order valence-corrected chi connectivity index (χ2v) is 6.49. The van der Waals surface area contributed by atoms with Crippen molar-refractivity contribution < 1.29 is 86.1 Å². The first-order valence-electron chi connectivity index (χ1n) is 9.16. The van der Waals surface area contributed by atoms with Gasteiger partial charge in [-0.25, -0.2) is 0 Å². The number of benzene rings is 2. The van der Waals surface area contributed by atoms with Crippen molar-refractivity contribution in [2.45, 2.75) is 27.7 Å². The summed E-state index contributed by atoms with van der Waals surface area (Å²) < 4.78 is 0. The van der Waals surface area contributed by atoms with Crippen LogP contribution in [0.25, 0.3) is 0 Å². The molecule has 0 aliphatic rings. The summed E-state index contributed by atoms with van der Waals surface area (Å²) >= 11 is 0. The Morgan fingerprint density at radius 3 is 0.974 bits per heavy atom. The van der Waals surface area contributed by atoms with Crippen molar-refractivity contribution in [3.63, 3.8) is 0 Å². The maximum Gasteiger partial charge on any atom is 2.00 e. The number of nitrogens with zero attached hydrogens (tertiary/aromatic N) is 4. The van der Waals surface area contributed by atoms with E-state index in [1.54, 1.807) is 48.5 Å². The van der Waals surface area contributed by atoms with Crippen LogP contribution in [0.5, 0.6) is 0 Å². The molecule has 2 aromatic carbocycles. The van der Waals surface area contributed by atoms with E-state index in [9.17, 15) is 30.0 Å². The van der Waals surface area contributed by atoms with Gasteiger partial charge < -0.3 is 51.9 Å². The first-order chi connectivity index (χ1) is 15.0. The Morgan fingerprint density at radius 1 is 0.526 bits per heavy atom. The molecule has 0 saturated heterocycles. The van der Waals surface area contributed by atoms with Crippen molar-refractivity contribution in [3.05, 3.63) is 70.8 Å². The van der Waals surface area contributed by atoms with Crippen LogP contribution in [0.1, 0.15) is 36.1 Å². The monoisotopic (exact) mass is 638 g/mol. The van der Waals surface area contributed by atoms with E-state index in [1.165, 1.54) is 13.8 Å². The number of rotatable bonds is 6. The topological polar surface area (TPSA) is 308 Å². The van der Waals surface area contributed by atoms with Crippen molar-refractivity contribution in [1.82, 2.24) is 0 Å². The molecule has 0 atom stereocenters. The molecule has 0 fully saturated rings. The minimum Gasteiger partial charge on any atom is -0.857 e. The number of hydrogen-bond acceptors (Lipinski definition) is 10. The molecule has 38 heavy (non-hydrogen) atoms. The summed E-state index contributed by atoms with van der Waals surface area (Å²) in [6.07, 6.45) is 0. The number of carbonyl (C=O) groups is 2. The second-order valence-electron chi connectivity index (χ2n) is 6.49. The summed E-state index contributed by atoms with van der Waals surface area (Å²) in [5.41, 5.74) is 2.10. The molecule has 0 aliphatic carbocycles. The molecule has 0 heterocycles. The van der Waals surface area contributed by atoms with Crippen LogP contribution < -0.4 is 20.4 Å². The van der Waals surface area contributed by atoms with Gasteiger partial charge in [0, 0.05) is 11.8 Å². The molecule has 0 bridgehead atoms. The molecule has 0 unspecified atom stereocenters. The standard InChI is InChI=1S/2C11H12N2O3.2Cu.4H2O/c2*1-7-3-5-9(6-4-7)10(14)13-12-8(2)11(15)16;;;;;;/h2*3-6H,1-2H3,(H,13,14)(H,15,16);;;4*1H2/q;;2*+2;;;;/b2*12-8+;;;;;;. The SMILES string of the molecule is C/C(=N\N=C(/[O-])c1ccc(C)cc1)C(=O)[O-].C/C(=N\N=C(/[O-])c1ccc(C)cc1)C(=O)[O-].[Cu+2].[Cu+2].[OH3+].[OH3+].[OH3+].[OH3+]. The molecule has 16 heteroatoms. The molecule has 0 saturated carbocycles. The van der Waals surface area contributed by atoms with Gasteiger partial charge in [0.1, 0.15) is 0 Å². The number of carboxylic acid groups (broad SMARTS) is 2. The van der Waals surface area contributed by atoms with Gasteiger partial charge in [-0.15, -0.1) is 0 Å². The average Bonchev–Trinajstić information content (AvgIpc) is 2.76. The summed E-state index contributed by atoms with van der Waals surface area (Å²) in [5.74, 6) is -4.05. The normalized spacial score (nSPS) is 10.6. The van der Waals surface area contributed by atoms with E-state index in [-0.39, 0.29) is 67.5 Å². The summed E-state index contributed by atoms with van der Waals surface area (Å²) in [5, 5.41) is 56.4. The van der Waals surface area contributed by atoms with Crippen LogP contribution in [0.4, 0.5) is 0 Å². The van der Waals surface area contributed by atoms with E-state index in [0.717, 1.165) is 11.1 Å². The predicted molar refractivity (Wildman–Crippen MR) is 131 cm³/mol. The van der Waals surface area contributed by atoms with Gasteiger partial charge in [-0.1, -0.05) is 59.7 Å². The van der Waals surface area contributed by atoms with Gasteiger partial charge in [0.05, 0.1) is 23.4 Å². The fraction of sp³-hybridized carbons (Fsp3) is 0.182. The summed E-state index contributed by atoms with van der Waals surface area (Å²) in [6.45, 7) is 6.20. The molecule has 0 amide bonds. The van der Waals surface area contributed by atoms with Crippen LogP contribution in [0.2, 0.25) is 0 Å². The summed E-state index contributed by atoms with van der Waals surface area (Å²) in [7, 11) is 0. The van der Waals surface area contributed by atoms with Gasteiger partial charge in [-0.3, -0.25) is 0 Å². The van der Waals surface area contributed by atoms with Crippen LogP contribution >= 0.6 is 0 Å². The van der Waals surface area contributed by atoms with Crippen LogP contribution in [-0.2, 0) is 65.6 Å². The number of carbonyl (C=O) groups excluding carboxylic acids is 2. The van der Waals surface area contributed by atoms with Crippen LogP contribution in [-0.4, -0.2) is 35.2 Å². The molecule has 2 aromatic rings. The Balaban J connectivity index is -0.000000116. The van der Waals surface area contributed by atoms with Gasteiger partial charge in [0.15, 0.2) is 0 Å². The van der Waals surface area contributed by atoms with Crippen molar-refractivity contribution in [1.29, 1.82) is 0 Å². The van der Waals surface area contributed by atoms with E-state index < -0.39 is 23.7 Å². The number of aryl methyl sites for hydroxylation is 2. The molecule has 14 nitrogen and oxygen atoms in total.